The molecule has 6 aromatic rings. The molecule has 1 aliphatic rings. The van der Waals surface area contributed by atoms with Crippen LogP contribution in [0.2, 0.25) is 0 Å². The van der Waals surface area contributed by atoms with Gasteiger partial charge in [-0.3, -0.25) is 10.2 Å². The minimum Gasteiger partial charge on any atom is -0.439 e. The smallest absolute Gasteiger partial charge is 0.221 e. The summed E-state index contributed by atoms with van der Waals surface area (Å²) in [5.41, 5.74) is 4.93. The maximum Gasteiger partial charge on any atom is 0.221 e. The Balaban J connectivity index is 0.000000168. The molecule has 12 nitrogen and oxygen atoms in total. The Morgan fingerprint density at radius 3 is 2.00 bits per heavy atom. The predicted octanol–water partition coefficient (Wildman–Crippen LogP) is 8.00. The molecule has 7 rings (SSSR count). The number of hydrogen-bond donors (Lipinski definition) is 4. The second kappa shape index (κ2) is 15.1. The van der Waals surface area contributed by atoms with Crippen molar-refractivity contribution in [3.63, 3.8) is 0 Å². The highest BCUT2D eigenvalue weighted by Crippen LogP contribution is 2.39. The molecule has 0 saturated heterocycles. The van der Waals surface area contributed by atoms with Gasteiger partial charge in [0, 0.05) is 53.5 Å². The molecule has 0 spiro atoms. The third-order valence-electron chi connectivity index (χ3n) is 7.17. The molecule has 4 aromatic heterocycles. The molecule has 1 aliphatic carbocycles. The number of pyridine rings is 2. The van der Waals surface area contributed by atoms with Crippen LogP contribution in [-0.2, 0) is 12.8 Å². The molecule has 0 radical (unpaired) electrons. The minimum absolute atomic E-state index is 0.390. The Labute approximate surface area is 277 Å². The Morgan fingerprint density at radius 1 is 0.729 bits per heavy atom. The van der Waals surface area contributed by atoms with E-state index in [1.807, 2.05) is 91.9 Å². The Kier molecular flexibility index (Phi) is 9.84. The number of aromatic nitrogens is 6. The lowest BCUT2D eigenvalue weighted by molar-refractivity contribution is 0.463. The molecule has 0 aliphatic heterocycles. The van der Waals surface area contributed by atoms with Gasteiger partial charge in [0.05, 0.1) is 25.0 Å². The molecule has 0 unspecified atom stereocenters. The van der Waals surface area contributed by atoms with Crippen molar-refractivity contribution in [1.82, 2.24) is 30.4 Å². The van der Waals surface area contributed by atoms with Gasteiger partial charge in [0.2, 0.25) is 11.8 Å². The van der Waals surface area contributed by atoms with Crippen LogP contribution in [0.1, 0.15) is 41.3 Å². The second-order valence-corrected chi connectivity index (χ2v) is 11.1. The summed E-state index contributed by atoms with van der Waals surface area (Å²) in [6.45, 7) is 1.93. The number of anilines is 4. The molecular formula is C36H32N10O2. The highest BCUT2D eigenvalue weighted by molar-refractivity contribution is 5.57. The largest absolute Gasteiger partial charge is 0.439 e. The van der Waals surface area contributed by atoms with Crippen molar-refractivity contribution in [2.24, 2.45) is 0 Å². The molecule has 238 valence electrons. The van der Waals surface area contributed by atoms with E-state index in [4.69, 9.17) is 20.0 Å². The maximum atomic E-state index is 8.71. The molecule has 0 bridgehead atoms. The van der Waals surface area contributed by atoms with Crippen LogP contribution in [0.4, 0.5) is 23.1 Å². The number of aromatic amines is 2. The monoisotopic (exact) mass is 636 g/mol. The van der Waals surface area contributed by atoms with Crippen molar-refractivity contribution in [3.05, 3.63) is 120 Å². The summed E-state index contributed by atoms with van der Waals surface area (Å²) in [4.78, 5) is 8.63. The third kappa shape index (κ3) is 8.96. The Hall–Kier alpha value is -6.66. The van der Waals surface area contributed by atoms with Gasteiger partial charge in [-0.05, 0) is 67.3 Å². The van der Waals surface area contributed by atoms with Crippen molar-refractivity contribution in [1.29, 1.82) is 10.5 Å². The lowest BCUT2D eigenvalue weighted by Crippen LogP contribution is -1.95. The average molecular weight is 637 g/mol. The number of H-pyrrole nitrogens is 2. The lowest BCUT2D eigenvalue weighted by Gasteiger charge is -2.07. The summed E-state index contributed by atoms with van der Waals surface area (Å²) in [7, 11) is 0. The first-order valence-corrected chi connectivity index (χ1v) is 15.3. The number of aryl methyl sites for hydroxylation is 1. The van der Waals surface area contributed by atoms with Crippen LogP contribution in [0.25, 0.3) is 0 Å². The van der Waals surface area contributed by atoms with Crippen molar-refractivity contribution >= 4 is 23.1 Å². The van der Waals surface area contributed by atoms with E-state index in [-0.39, 0.29) is 0 Å². The summed E-state index contributed by atoms with van der Waals surface area (Å²) in [6, 6.07) is 32.2. The SMILES string of the molecule is Cc1cc(Nc2cccc(Oc3ccc(CC#N)cc3)n2)n[nH]1.N#CCc1ccc(Oc2cc(Nc3cc(C4CC4)[nH]n3)ccn2)cc1. The summed E-state index contributed by atoms with van der Waals surface area (Å²) in [5, 5.41) is 38.1. The molecule has 0 amide bonds. The zero-order valence-corrected chi connectivity index (χ0v) is 26.1. The quantitative estimate of drug-likeness (QED) is 0.109. The molecule has 0 atom stereocenters. The number of nitriles is 2. The second-order valence-electron chi connectivity index (χ2n) is 11.1. The lowest BCUT2D eigenvalue weighted by atomic mass is 10.2. The summed E-state index contributed by atoms with van der Waals surface area (Å²) >= 11 is 0. The molecule has 48 heavy (non-hydrogen) atoms. The van der Waals surface area contributed by atoms with E-state index < -0.39 is 0 Å². The maximum absolute atomic E-state index is 8.71. The van der Waals surface area contributed by atoms with E-state index in [1.54, 1.807) is 12.3 Å². The van der Waals surface area contributed by atoms with Gasteiger partial charge in [-0.25, -0.2) is 4.98 Å². The van der Waals surface area contributed by atoms with Gasteiger partial charge in [-0.1, -0.05) is 30.3 Å². The van der Waals surface area contributed by atoms with Crippen molar-refractivity contribution in [2.75, 3.05) is 10.6 Å². The highest BCUT2D eigenvalue weighted by Gasteiger charge is 2.25. The van der Waals surface area contributed by atoms with Crippen LogP contribution in [0.3, 0.4) is 0 Å². The number of ether oxygens (including phenoxy) is 2. The van der Waals surface area contributed by atoms with Gasteiger partial charge in [0.1, 0.15) is 17.3 Å². The van der Waals surface area contributed by atoms with Gasteiger partial charge in [-0.2, -0.15) is 25.7 Å². The first kappa shape index (κ1) is 31.3. The number of hydrogen-bond acceptors (Lipinski definition) is 10. The molecule has 4 N–H and O–H groups in total. The summed E-state index contributed by atoms with van der Waals surface area (Å²) in [6.07, 6.45) is 4.95. The van der Waals surface area contributed by atoms with Gasteiger partial charge in [0.15, 0.2) is 11.6 Å². The number of benzene rings is 2. The fraction of sp³-hybridized carbons (Fsp3) is 0.167. The fourth-order valence-electron chi connectivity index (χ4n) is 4.62. The van der Waals surface area contributed by atoms with Crippen LogP contribution in [0.5, 0.6) is 23.3 Å². The number of rotatable bonds is 11. The zero-order valence-electron chi connectivity index (χ0n) is 26.1. The molecule has 12 heteroatoms. The van der Waals surface area contributed by atoms with Crippen LogP contribution in [0.15, 0.2) is 97.2 Å². The van der Waals surface area contributed by atoms with E-state index >= 15 is 0 Å². The number of nitrogens with one attached hydrogen (secondary N) is 4. The highest BCUT2D eigenvalue weighted by atomic mass is 16.5. The van der Waals surface area contributed by atoms with Crippen LogP contribution in [-0.4, -0.2) is 30.4 Å². The zero-order chi connectivity index (χ0) is 33.1. The van der Waals surface area contributed by atoms with Crippen LogP contribution < -0.4 is 20.1 Å². The molecule has 1 saturated carbocycles. The van der Waals surface area contributed by atoms with E-state index in [0.29, 0.717) is 53.7 Å². The first-order valence-electron chi connectivity index (χ1n) is 15.3. The molecule has 1 fully saturated rings. The summed E-state index contributed by atoms with van der Waals surface area (Å²) < 4.78 is 11.5. The van der Waals surface area contributed by atoms with Crippen molar-refractivity contribution in [3.8, 4) is 35.4 Å². The normalized spacial score (nSPS) is 11.7. The average Bonchev–Trinajstić information content (AvgIpc) is 3.71. The van der Waals surface area contributed by atoms with Crippen LogP contribution in [0, 0.1) is 29.6 Å². The summed E-state index contributed by atoms with van der Waals surface area (Å²) in [5.74, 6) is 5.12. The van der Waals surface area contributed by atoms with Gasteiger partial charge >= 0.3 is 0 Å². The van der Waals surface area contributed by atoms with Crippen molar-refractivity contribution in [2.45, 2.75) is 38.5 Å². The topological polar surface area (TPSA) is 173 Å². The van der Waals surface area contributed by atoms with Gasteiger partial charge < -0.3 is 20.1 Å². The van der Waals surface area contributed by atoms with Crippen LogP contribution >= 0.6 is 0 Å². The van der Waals surface area contributed by atoms with E-state index in [0.717, 1.165) is 28.3 Å². The van der Waals surface area contributed by atoms with E-state index in [9.17, 15) is 0 Å². The molecule has 2 aromatic carbocycles. The third-order valence-corrected chi connectivity index (χ3v) is 7.17. The van der Waals surface area contributed by atoms with Gasteiger partial charge in [-0.15, -0.1) is 0 Å². The predicted molar refractivity (Wildman–Crippen MR) is 181 cm³/mol. The molecule has 4 heterocycles. The fourth-order valence-corrected chi connectivity index (χ4v) is 4.62. The minimum atomic E-state index is 0.390. The Morgan fingerprint density at radius 2 is 1.38 bits per heavy atom. The van der Waals surface area contributed by atoms with Gasteiger partial charge in [0.25, 0.3) is 0 Å². The Bertz CT molecular complexity index is 2040. The first-order chi connectivity index (χ1) is 23.5. The molecular weight excluding hydrogens is 604 g/mol. The number of nitrogens with zero attached hydrogens (tertiary/aromatic N) is 6. The van der Waals surface area contributed by atoms with E-state index in [1.165, 1.54) is 18.5 Å². The van der Waals surface area contributed by atoms with Crippen molar-refractivity contribution < 1.29 is 9.47 Å². The standard InChI is InChI=1S/C19H17N5O.C17H15N5O/c20-9-7-13-1-5-16(6-2-13)25-19-11-15(8-10-21-19)22-18-12-17(23-24-18)14-3-4-14;1-12-11-16(22-21-12)19-15-3-2-4-17(20-15)23-14-7-5-13(6-8-14)9-10-18/h1-2,5-6,8,10-12,14H,3-4,7H2,(H2,21,22,23,24);2-8,11H,9H2,1H3,(H2,19,20,21,22). The van der Waals surface area contributed by atoms with E-state index in [2.05, 4.69) is 53.1 Å².